The lowest BCUT2D eigenvalue weighted by Gasteiger charge is -2.03. The molecule has 5 heteroatoms. The zero-order valence-corrected chi connectivity index (χ0v) is 11.9. The van der Waals surface area contributed by atoms with Crippen LogP contribution in [0.4, 0.5) is 5.69 Å². The van der Waals surface area contributed by atoms with E-state index in [0.717, 1.165) is 0 Å². The molecule has 19 heavy (non-hydrogen) atoms. The SMILES string of the molecule is O=C1C(c2ccccc2Br)=[N+]([O-])c2cc(Cl)ccc21. The fourth-order valence-electron chi connectivity index (χ4n) is 2.09. The highest BCUT2D eigenvalue weighted by molar-refractivity contribution is 9.10. The topological polar surface area (TPSA) is 43.1 Å². The van der Waals surface area contributed by atoms with Crippen LogP contribution in [0.2, 0.25) is 5.02 Å². The predicted molar refractivity (Wildman–Crippen MR) is 77.3 cm³/mol. The maximum absolute atomic E-state index is 12.3. The Morgan fingerprint density at radius 1 is 1.11 bits per heavy atom. The van der Waals surface area contributed by atoms with E-state index in [4.69, 9.17) is 11.6 Å². The molecule has 2 aromatic carbocycles. The molecule has 0 saturated heterocycles. The number of rotatable bonds is 1. The van der Waals surface area contributed by atoms with Crippen molar-refractivity contribution in [2.75, 3.05) is 0 Å². The summed E-state index contributed by atoms with van der Waals surface area (Å²) in [6.45, 7) is 0. The molecular formula is C14H7BrClNO2. The molecular weight excluding hydrogens is 330 g/mol. The lowest BCUT2D eigenvalue weighted by atomic mass is 10.0. The molecule has 3 nitrogen and oxygen atoms in total. The molecule has 2 aromatic rings. The standard InChI is InChI=1S/C14H7BrClNO2/c15-11-4-2-1-3-9(11)13-14(18)10-6-5-8(16)7-12(10)17(13)19/h1-7H. The Hall–Kier alpha value is -1.65. The van der Waals surface area contributed by atoms with Crippen LogP contribution < -0.4 is 0 Å². The maximum atomic E-state index is 12.3. The first-order valence-corrected chi connectivity index (χ1v) is 6.70. The fraction of sp³-hybridized carbons (Fsp3) is 0. The minimum absolute atomic E-state index is 0.116. The lowest BCUT2D eigenvalue weighted by molar-refractivity contribution is -0.355. The van der Waals surface area contributed by atoms with Gasteiger partial charge in [-0.1, -0.05) is 23.7 Å². The number of hydrogen-bond donors (Lipinski definition) is 0. The quantitative estimate of drug-likeness (QED) is 0.585. The first-order valence-electron chi connectivity index (χ1n) is 5.53. The van der Waals surface area contributed by atoms with Gasteiger partial charge in [0.05, 0.1) is 5.56 Å². The van der Waals surface area contributed by atoms with Gasteiger partial charge in [-0.3, -0.25) is 4.79 Å². The number of nitrogens with zero attached hydrogens (tertiary/aromatic N) is 1. The molecule has 0 aromatic heterocycles. The van der Waals surface area contributed by atoms with Crippen LogP contribution in [-0.2, 0) is 0 Å². The Morgan fingerprint density at radius 3 is 2.58 bits per heavy atom. The summed E-state index contributed by atoms with van der Waals surface area (Å²) in [7, 11) is 0. The van der Waals surface area contributed by atoms with E-state index in [9.17, 15) is 10.0 Å². The van der Waals surface area contributed by atoms with Gasteiger partial charge in [-0.15, -0.1) is 0 Å². The van der Waals surface area contributed by atoms with E-state index in [0.29, 0.717) is 31.0 Å². The summed E-state index contributed by atoms with van der Waals surface area (Å²) in [5.74, 6) is -0.284. The third-order valence-electron chi connectivity index (χ3n) is 2.97. The van der Waals surface area contributed by atoms with Crippen LogP contribution in [-0.4, -0.2) is 16.2 Å². The molecule has 1 aliphatic rings. The molecule has 0 amide bonds. The van der Waals surface area contributed by atoms with Crippen molar-refractivity contribution in [1.82, 2.24) is 0 Å². The normalized spacial score (nSPS) is 13.9. The van der Waals surface area contributed by atoms with Crippen molar-refractivity contribution < 1.29 is 9.53 Å². The highest BCUT2D eigenvalue weighted by Gasteiger charge is 2.37. The van der Waals surface area contributed by atoms with E-state index in [1.165, 1.54) is 6.07 Å². The highest BCUT2D eigenvalue weighted by Crippen LogP contribution is 2.32. The summed E-state index contributed by atoms with van der Waals surface area (Å²) in [6.07, 6.45) is 0. The van der Waals surface area contributed by atoms with Gasteiger partial charge in [0.25, 0.3) is 11.5 Å². The van der Waals surface area contributed by atoms with Crippen molar-refractivity contribution in [3.8, 4) is 0 Å². The zero-order valence-electron chi connectivity index (χ0n) is 9.56. The number of benzene rings is 2. The van der Waals surface area contributed by atoms with E-state index in [2.05, 4.69) is 15.9 Å². The summed E-state index contributed by atoms with van der Waals surface area (Å²) in [5.41, 5.74) is 1.37. The van der Waals surface area contributed by atoms with Crippen LogP contribution >= 0.6 is 27.5 Å². The van der Waals surface area contributed by atoms with Gasteiger partial charge in [0.15, 0.2) is 0 Å². The highest BCUT2D eigenvalue weighted by atomic mass is 79.9. The summed E-state index contributed by atoms with van der Waals surface area (Å²) in [6, 6.07) is 11.8. The lowest BCUT2D eigenvalue weighted by Crippen LogP contribution is -2.17. The molecule has 0 aliphatic carbocycles. The van der Waals surface area contributed by atoms with Crippen LogP contribution in [0.5, 0.6) is 0 Å². The van der Waals surface area contributed by atoms with Crippen LogP contribution in [0.1, 0.15) is 15.9 Å². The molecule has 3 rings (SSSR count). The molecule has 94 valence electrons. The Kier molecular flexibility index (Phi) is 2.92. The molecule has 0 N–H and O–H groups in total. The zero-order chi connectivity index (χ0) is 13.6. The summed E-state index contributed by atoms with van der Waals surface area (Å²) in [4.78, 5) is 12.3. The number of carbonyl (C=O) groups is 1. The Labute approximate surface area is 122 Å². The van der Waals surface area contributed by atoms with Crippen molar-refractivity contribution in [3.63, 3.8) is 0 Å². The van der Waals surface area contributed by atoms with Gasteiger partial charge in [-0.05, 0) is 40.2 Å². The fourth-order valence-corrected chi connectivity index (χ4v) is 2.73. The van der Waals surface area contributed by atoms with Crippen molar-refractivity contribution in [1.29, 1.82) is 0 Å². The predicted octanol–water partition coefficient (Wildman–Crippen LogP) is 3.93. The first-order chi connectivity index (χ1) is 9.09. The van der Waals surface area contributed by atoms with Gasteiger partial charge in [0.2, 0.25) is 5.69 Å². The second-order valence-corrected chi connectivity index (χ2v) is 5.40. The minimum Gasteiger partial charge on any atom is -0.618 e. The van der Waals surface area contributed by atoms with E-state index in [-0.39, 0.29) is 11.5 Å². The number of Topliss-reactive ketones (excluding diaryl/α,β-unsaturated/α-hetero) is 1. The summed E-state index contributed by atoms with van der Waals surface area (Å²) in [5, 5.41) is 12.7. The monoisotopic (exact) mass is 335 g/mol. The van der Waals surface area contributed by atoms with Gasteiger partial charge < -0.3 is 5.21 Å². The summed E-state index contributed by atoms with van der Waals surface area (Å²) >= 11 is 9.22. The van der Waals surface area contributed by atoms with Crippen molar-refractivity contribution >= 4 is 44.7 Å². The molecule has 0 radical (unpaired) electrons. The smallest absolute Gasteiger partial charge is 0.274 e. The molecule has 0 saturated carbocycles. The molecule has 0 fully saturated rings. The van der Waals surface area contributed by atoms with E-state index in [1.54, 1.807) is 30.3 Å². The Morgan fingerprint density at radius 2 is 1.84 bits per heavy atom. The number of fused-ring (bicyclic) bond motifs is 1. The summed E-state index contributed by atoms with van der Waals surface area (Å²) < 4.78 is 1.35. The van der Waals surface area contributed by atoms with Gasteiger partial charge in [-0.25, -0.2) is 0 Å². The second kappa shape index (κ2) is 4.47. The molecule has 0 atom stereocenters. The van der Waals surface area contributed by atoms with Crippen molar-refractivity contribution in [2.24, 2.45) is 0 Å². The number of halogens is 2. The Balaban J connectivity index is 2.25. The Bertz CT molecular complexity index is 740. The number of hydrogen-bond acceptors (Lipinski definition) is 2. The van der Waals surface area contributed by atoms with Gasteiger partial charge in [0.1, 0.15) is 5.56 Å². The van der Waals surface area contributed by atoms with Gasteiger partial charge in [0, 0.05) is 15.6 Å². The van der Waals surface area contributed by atoms with E-state index < -0.39 is 0 Å². The van der Waals surface area contributed by atoms with Crippen LogP contribution in [0.25, 0.3) is 0 Å². The van der Waals surface area contributed by atoms with Crippen LogP contribution in [0, 0.1) is 5.21 Å². The first kappa shape index (κ1) is 12.4. The molecule has 1 heterocycles. The van der Waals surface area contributed by atoms with Gasteiger partial charge in [-0.2, -0.15) is 4.74 Å². The number of carbonyl (C=O) groups excluding carboxylic acids is 1. The number of ketones is 1. The third-order valence-corrected chi connectivity index (χ3v) is 3.90. The average Bonchev–Trinajstić information content (AvgIpc) is 2.63. The van der Waals surface area contributed by atoms with Crippen LogP contribution in [0.3, 0.4) is 0 Å². The molecule has 0 bridgehead atoms. The van der Waals surface area contributed by atoms with Crippen molar-refractivity contribution in [2.45, 2.75) is 0 Å². The minimum atomic E-state index is -0.284. The largest absolute Gasteiger partial charge is 0.618 e. The van der Waals surface area contributed by atoms with E-state index >= 15 is 0 Å². The molecule has 0 spiro atoms. The van der Waals surface area contributed by atoms with Gasteiger partial charge >= 0.3 is 0 Å². The van der Waals surface area contributed by atoms with Crippen LogP contribution in [0.15, 0.2) is 46.9 Å². The molecule has 0 unspecified atom stereocenters. The van der Waals surface area contributed by atoms with E-state index in [1.807, 2.05) is 6.07 Å². The van der Waals surface area contributed by atoms with Crippen molar-refractivity contribution in [3.05, 3.63) is 68.3 Å². The second-order valence-electron chi connectivity index (χ2n) is 4.11. The molecule has 1 aliphatic heterocycles. The third kappa shape index (κ3) is 1.88. The maximum Gasteiger partial charge on any atom is 0.274 e. The average molecular weight is 337 g/mol.